The van der Waals surface area contributed by atoms with Gasteiger partial charge in [0.2, 0.25) is 0 Å². The van der Waals surface area contributed by atoms with E-state index in [0.29, 0.717) is 23.7 Å². The Balaban J connectivity index is 2.07. The number of methoxy groups -OCH3 is 1. The first kappa shape index (κ1) is 22.4. The van der Waals surface area contributed by atoms with Crippen molar-refractivity contribution in [2.45, 2.75) is 40.3 Å². The normalized spacial score (nSPS) is 16.6. The van der Waals surface area contributed by atoms with E-state index >= 15 is 0 Å². The molecule has 2 aromatic carbocycles. The number of ketones is 1. The Bertz CT molecular complexity index is 1000. The molecule has 0 aromatic heterocycles. The summed E-state index contributed by atoms with van der Waals surface area (Å²) in [4.78, 5) is 27.9. The van der Waals surface area contributed by atoms with Gasteiger partial charge in [0.05, 0.1) is 25.3 Å². The SMILES string of the molecule is CCOc1cccc(C2C(C(=O)C(C)(C)C)=C(O)C(=O)N2Cc2ccc(OC)cc2)c1. The van der Waals surface area contributed by atoms with Gasteiger partial charge in [0.25, 0.3) is 5.91 Å². The van der Waals surface area contributed by atoms with Crippen molar-refractivity contribution in [2.75, 3.05) is 13.7 Å². The van der Waals surface area contributed by atoms with Gasteiger partial charge in [-0.2, -0.15) is 0 Å². The fourth-order valence-corrected chi connectivity index (χ4v) is 3.67. The fraction of sp³-hybridized carbons (Fsp3) is 0.360. The Morgan fingerprint density at radius 3 is 2.35 bits per heavy atom. The molecule has 1 aliphatic heterocycles. The minimum atomic E-state index is -0.754. The van der Waals surface area contributed by atoms with E-state index in [0.717, 1.165) is 5.56 Å². The van der Waals surface area contributed by atoms with E-state index in [1.54, 1.807) is 27.9 Å². The molecule has 164 valence electrons. The first-order valence-corrected chi connectivity index (χ1v) is 10.3. The van der Waals surface area contributed by atoms with E-state index in [9.17, 15) is 14.7 Å². The van der Waals surface area contributed by atoms with Gasteiger partial charge in [-0.15, -0.1) is 0 Å². The molecule has 0 fully saturated rings. The predicted octanol–water partition coefficient (Wildman–Crippen LogP) is 4.60. The second kappa shape index (κ2) is 8.84. The van der Waals surface area contributed by atoms with Gasteiger partial charge < -0.3 is 19.5 Å². The first-order valence-electron chi connectivity index (χ1n) is 10.3. The number of nitrogens with zero attached hydrogens (tertiary/aromatic N) is 1. The summed E-state index contributed by atoms with van der Waals surface area (Å²) in [6.07, 6.45) is 0. The molecule has 2 aromatic rings. The number of carbonyl (C=O) groups excluding carboxylic acids is 2. The number of hydrogen-bond acceptors (Lipinski definition) is 5. The molecule has 0 radical (unpaired) electrons. The monoisotopic (exact) mass is 423 g/mol. The summed E-state index contributed by atoms with van der Waals surface area (Å²) >= 11 is 0. The number of amides is 1. The van der Waals surface area contributed by atoms with Crippen molar-refractivity contribution in [1.82, 2.24) is 4.90 Å². The van der Waals surface area contributed by atoms with Crippen molar-refractivity contribution in [1.29, 1.82) is 0 Å². The lowest BCUT2D eigenvalue weighted by atomic mass is 9.82. The summed E-state index contributed by atoms with van der Waals surface area (Å²) in [5, 5.41) is 10.7. The van der Waals surface area contributed by atoms with Crippen LogP contribution in [0, 0.1) is 5.41 Å². The molecule has 1 heterocycles. The van der Waals surface area contributed by atoms with E-state index in [4.69, 9.17) is 9.47 Å². The third-order valence-electron chi connectivity index (χ3n) is 5.23. The van der Waals surface area contributed by atoms with Crippen LogP contribution in [-0.2, 0) is 16.1 Å². The highest BCUT2D eigenvalue weighted by molar-refractivity contribution is 6.10. The van der Waals surface area contributed by atoms with Gasteiger partial charge in [0.15, 0.2) is 11.5 Å². The Morgan fingerprint density at radius 1 is 1.10 bits per heavy atom. The molecule has 1 unspecified atom stereocenters. The van der Waals surface area contributed by atoms with Crippen LogP contribution in [0.3, 0.4) is 0 Å². The standard InChI is InChI=1S/C25H29NO5/c1-6-31-19-9-7-8-17(14-19)21-20(23(28)25(2,3)4)22(27)24(29)26(21)15-16-10-12-18(30-5)13-11-16/h7-14,21,27H,6,15H2,1-5H3. The summed E-state index contributed by atoms with van der Waals surface area (Å²) in [6.45, 7) is 7.95. The van der Waals surface area contributed by atoms with Gasteiger partial charge in [-0.1, -0.05) is 45.0 Å². The average molecular weight is 424 g/mol. The molecule has 0 aliphatic carbocycles. The van der Waals surface area contributed by atoms with Crippen molar-refractivity contribution in [3.8, 4) is 11.5 Å². The van der Waals surface area contributed by atoms with Crippen LogP contribution >= 0.6 is 0 Å². The zero-order valence-electron chi connectivity index (χ0n) is 18.6. The molecule has 1 N–H and O–H groups in total. The highest BCUT2D eigenvalue weighted by Gasteiger charge is 2.46. The van der Waals surface area contributed by atoms with Crippen molar-refractivity contribution >= 4 is 11.7 Å². The predicted molar refractivity (Wildman–Crippen MR) is 118 cm³/mol. The summed E-state index contributed by atoms with van der Waals surface area (Å²) in [5.74, 6) is 0.0469. The molecule has 0 saturated carbocycles. The van der Waals surface area contributed by atoms with Crippen LogP contribution in [0.4, 0.5) is 0 Å². The van der Waals surface area contributed by atoms with Gasteiger partial charge in [-0.3, -0.25) is 9.59 Å². The van der Waals surface area contributed by atoms with E-state index in [1.165, 1.54) is 4.90 Å². The molecule has 1 aliphatic rings. The lowest BCUT2D eigenvalue weighted by Crippen LogP contribution is -2.32. The molecule has 6 nitrogen and oxygen atoms in total. The number of benzene rings is 2. The number of rotatable bonds is 7. The third kappa shape index (κ3) is 4.58. The maximum Gasteiger partial charge on any atom is 0.290 e. The van der Waals surface area contributed by atoms with Gasteiger partial charge in [0, 0.05) is 12.0 Å². The van der Waals surface area contributed by atoms with Crippen LogP contribution in [-0.4, -0.2) is 35.4 Å². The van der Waals surface area contributed by atoms with E-state index < -0.39 is 23.1 Å². The van der Waals surface area contributed by atoms with Crippen molar-refractivity contribution in [3.05, 3.63) is 71.0 Å². The Morgan fingerprint density at radius 2 is 1.77 bits per heavy atom. The van der Waals surface area contributed by atoms with Crippen molar-refractivity contribution < 1.29 is 24.2 Å². The van der Waals surface area contributed by atoms with Crippen LogP contribution in [0.1, 0.15) is 44.9 Å². The topological polar surface area (TPSA) is 76.1 Å². The molecule has 6 heteroatoms. The largest absolute Gasteiger partial charge is 0.503 e. The van der Waals surface area contributed by atoms with Crippen LogP contribution in [0.25, 0.3) is 0 Å². The average Bonchev–Trinajstić information content (AvgIpc) is 2.98. The zero-order chi connectivity index (χ0) is 22.8. The number of aliphatic hydroxyl groups excluding tert-OH is 1. The molecule has 31 heavy (non-hydrogen) atoms. The maximum atomic E-state index is 13.3. The number of hydrogen-bond donors (Lipinski definition) is 1. The Hall–Kier alpha value is -3.28. The highest BCUT2D eigenvalue weighted by atomic mass is 16.5. The lowest BCUT2D eigenvalue weighted by Gasteiger charge is -2.29. The molecule has 1 amide bonds. The third-order valence-corrected chi connectivity index (χ3v) is 5.23. The Labute approximate surface area is 183 Å². The summed E-state index contributed by atoms with van der Waals surface area (Å²) in [5.41, 5.74) is 0.941. The molecular formula is C25H29NO5. The van der Waals surface area contributed by atoms with Crippen molar-refractivity contribution in [3.63, 3.8) is 0 Å². The van der Waals surface area contributed by atoms with E-state index in [2.05, 4.69) is 0 Å². The molecule has 3 rings (SSSR count). The van der Waals surface area contributed by atoms with Crippen molar-refractivity contribution in [2.24, 2.45) is 5.41 Å². The molecular weight excluding hydrogens is 394 g/mol. The van der Waals surface area contributed by atoms with Crippen LogP contribution in [0.5, 0.6) is 11.5 Å². The van der Waals surface area contributed by atoms with E-state index in [1.807, 2.05) is 55.5 Å². The molecule has 0 bridgehead atoms. The second-order valence-electron chi connectivity index (χ2n) is 8.53. The van der Waals surface area contributed by atoms with Gasteiger partial charge in [-0.05, 0) is 42.3 Å². The maximum absolute atomic E-state index is 13.3. The smallest absolute Gasteiger partial charge is 0.290 e. The second-order valence-corrected chi connectivity index (χ2v) is 8.53. The van der Waals surface area contributed by atoms with Crippen LogP contribution < -0.4 is 9.47 Å². The molecule has 1 atom stereocenters. The first-order chi connectivity index (χ1) is 14.7. The van der Waals surface area contributed by atoms with Crippen LogP contribution in [0.15, 0.2) is 59.9 Å². The fourth-order valence-electron chi connectivity index (χ4n) is 3.67. The minimum absolute atomic E-state index is 0.125. The number of ether oxygens (including phenoxy) is 2. The van der Waals surface area contributed by atoms with E-state index in [-0.39, 0.29) is 17.9 Å². The van der Waals surface area contributed by atoms with Gasteiger partial charge in [0.1, 0.15) is 11.5 Å². The molecule has 0 spiro atoms. The van der Waals surface area contributed by atoms with Gasteiger partial charge in [-0.25, -0.2) is 0 Å². The van der Waals surface area contributed by atoms with Crippen LogP contribution in [0.2, 0.25) is 0 Å². The number of aliphatic hydroxyl groups is 1. The quantitative estimate of drug-likeness (QED) is 0.704. The molecule has 0 saturated heterocycles. The zero-order valence-corrected chi connectivity index (χ0v) is 18.6. The van der Waals surface area contributed by atoms with Gasteiger partial charge >= 0.3 is 0 Å². The number of carbonyl (C=O) groups is 2. The highest BCUT2D eigenvalue weighted by Crippen LogP contribution is 2.42. The lowest BCUT2D eigenvalue weighted by molar-refractivity contribution is -0.130. The summed E-state index contributed by atoms with van der Waals surface area (Å²) in [7, 11) is 1.59. The minimum Gasteiger partial charge on any atom is -0.503 e. The Kier molecular flexibility index (Phi) is 6.39. The summed E-state index contributed by atoms with van der Waals surface area (Å²) < 4.78 is 10.8. The summed E-state index contributed by atoms with van der Waals surface area (Å²) in [6, 6.07) is 14.0. The number of Topliss-reactive ketones (excluding diaryl/α,β-unsaturated/α-hetero) is 1.